The summed E-state index contributed by atoms with van der Waals surface area (Å²) in [5.41, 5.74) is 2.10. The number of hydrogen-bond donors (Lipinski definition) is 0. The van der Waals surface area contributed by atoms with Gasteiger partial charge in [-0.25, -0.2) is 9.37 Å². The van der Waals surface area contributed by atoms with Crippen molar-refractivity contribution in [3.05, 3.63) is 48.3 Å². The van der Waals surface area contributed by atoms with Crippen molar-refractivity contribution in [3.8, 4) is 28.5 Å². The number of fused-ring (bicyclic) bond motifs is 1. The maximum atomic E-state index is 13.9. The molecule has 0 aliphatic rings. The highest BCUT2D eigenvalue weighted by atomic mass is 19.1. The summed E-state index contributed by atoms with van der Waals surface area (Å²) in [7, 11) is 4.60. The molecular weight excluding hydrogens is 297 g/mol. The lowest BCUT2D eigenvalue weighted by Crippen LogP contribution is -1.93. The third kappa shape index (κ3) is 2.77. The number of halogens is 1. The minimum Gasteiger partial charge on any atom is -0.494 e. The lowest BCUT2D eigenvalue weighted by Gasteiger charge is -2.10. The molecule has 3 aromatic rings. The lowest BCUT2D eigenvalue weighted by molar-refractivity contribution is 0.356. The molecule has 1 heterocycles. The SMILES string of the molecule is COc1ccc(-c2ccc3cc(OC)c(OC)cc3n2)cc1F. The van der Waals surface area contributed by atoms with Crippen molar-refractivity contribution in [1.29, 1.82) is 0 Å². The van der Waals surface area contributed by atoms with Gasteiger partial charge >= 0.3 is 0 Å². The molecule has 0 spiro atoms. The van der Waals surface area contributed by atoms with Crippen LogP contribution in [-0.2, 0) is 0 Å². The van der Waals surface area contributed by atoms with Crippen LogP contribution >= 0.6 is 0 Å². The number of ether oxygens (including phenoxy) is 3. The first kappa shape index (κ1) is 15.1. The second kappa shape index (κ2) is 6.12. The molecule has 0 atom stereocenters. The van der Waals surface area contributed by atoms with Crippen molar-refractivity contribution in [3.63, 3.8) is 0 Å². The average molecular weight is 313 g/mol. The largest absolute Gasteiger partial charge is 0.494 e. The summed E-state index contributed by atoms with van der Waals surface area (Å²) in [4.78, 5) is 4.58. The Balaban J connectivity index is 2.10. The van der Waals surface area contributed by atoms with Gasteiger partial charge in [-0.1, -0.05) is 6.07 Å². The first-order valence-electron chi connectivity index (χ1n) is 7.03. The monoisotopic (exact) mass is 313 g/mol. The third-order valence-electron chi connectivity index (χ3n) is 3.64. The van der Waals surface area contributed by atoms with Crippen molar-refractivity contribution in [2.45, 2.75) is 0 Å². The van der Waals surface area contributed by atoms with Gasteiger partial charge in [0.05, 0.1) is 32.5 Å². The average Bonchev–Trinajstić information content (AvgIpc) is 2.59. The zero-order valence-electron chi connectivity index (χ0n) is 13.1. The van der Waals surface area contributed by atoms with E-state index in [9.17, 15) is 4.39 Å². The molecule has 5 heteroatoms. The van der Waals surface area contributed by atoms with Gasteiger partial charge in [0.1, 0.15) is 0 Å². The summed E-state index contributed by atoms with van der Waals surface area (Å²) in [6.07, 6.45) is 0. The Labute approximate surface area is 133 Å². The molecular formula is C18H16FNO3. The molecule has 0 saturated heterocycles. The topological polar surface area (TPSA) is 40.6 Å². The highest BCUT2D eigenvalue weighted by Gasteiger charge is 2.10. The predicted octanol–water partition coefficient (Wildman–Crippen LogP) is 4.07. The molecule has 0 radical (unpaired) electrons. The van der Waals surface area contributed by atoms with E-state index in [2.05, 4.69) is 4.98 Å². The molecule has 2 aromatic carbocycles. The molecule has 0 bridgehead atoms. The van der Waals surface area contributed by atoms with Crippen LogP contribution in [0.1, 0.15) is 0 Å². The molecule has 0 N–H and O–H groups in total. The second-order valence-electron chi connectivity index (χ2n) is 4.95. The first-order chi connectivity index (χ1) is 11.2. The molecule has 3 rings (SSSR count). The van der Waals surface area contributed by atoms with Crippen molar-refractivity contribution in [2.75, 3.05) is 21.3 Å². The van der Waals surface area contributed by atoms with Gasteiger partial charge in [-0.05, 0) is 30.3 Å². The van der Waals surface area contributed by atoms with Crippen LogP contribution in [0.25, 0.3) is 22.2 Å². The molecule has 23 heavy (non-hydrogen) atoms. The van der Waals surface area contributed by atoms with Gasteiger partial charge in [0, 0.05) is 17.0 Å². The molecule has 0 fully saturated rings. The fourth-order valence-electron chi connectivity index (χ4n) is 2.44. The number of rotatable bonds is 4. The number of aromatic nitrogens is 1. The van der Waals surface area contributed by atoms with Crippen LogP contribution in [0, 0.1) is 5.82 Å². The Morgan fingerprint density at radius 2 is 1.48 bits per heavy atom. The Bertz CT molecular complexity index is 864. The number of benzene rings is 2. The molecule has 0 aliphatic heterocycles. The van der Waals surface area contributed by atoms with Gasteiger partial charge < -0.3 is 14.2 Å². The summed E-state index contributed by atoms with van der Waals surface area (Å²) in [5, 5.41) is 0.917. The number of nitrogens with zero attached hydrogens (tertiary/aromatic N) is 1. The van der Waals surface area contributed by atoms with E-state index >= 15 is 0 Å². The summed E-state index contributed by atoms with van der Waals surface area (Å²) in [6, 6.07) is 12.2. The molecule has 0 saturated carbocycles. The molecule has 0 unspecified atom stereocenters. The summed E-state index contributed by atoms with van der Waals surface area (Å²) < 4.78 is 29.4. The zero-order valence-corrected chi connectivity index (χ0v) is 13.1. The van der Waals surface area contributed by atoms with Crippen molar-refractivity contribution in [2.24, 2.45) is 0 Å². The van der Waals surface area contributed by atoms with Gasteiger partial charge in [0.15, 0.2) is 23.1 Å². The first-order valence-corrected chi connectivity index (χ1v) is 7.03. The van der Waals surface area contributed by atoms with Gasteiger partial charge in [-0.2, -0.15) is 0 Å². The van der Waals surface area contributed by atoms with Gasteiger partial charge in [-0.3, -0.25) is 0 Å². The smallest absolute Gasteiger partial charge is 0.165 e. The summed E-state index contributed by atoms with van der Waals surface area (Å²) >= 11 is 0. The minimum absolute atomic E-state index is 0.209. The van der Waals surface area contributed by atoms with E-state index < -0.39 is 5.82 Å². The maximum Gasteiger partial charge on any atom is 0.165 e. The van der Waals surface area contributed by atoms with Crippen LogP contribution in [0.15, 0.2) is 42.5 Å². The fraction of sp³-hybridized carbons (Fsp3) is 0.167. The quantitative estimate of drug-likeness (QED) is 0.728. The van der Waals surface area contributed by atoms with Crippen LogP contribution in [-0.4, -0.2) is 26.3 Å². The van der Waals surface area contributed by atoms with Gasteiger partial charge in [0.2, 0.25) is 0 Å². The van der Waals surface area contributed by atoms with E-state index in [4.69, 9.17) is 14.2 Å². The molecule has 1 aromatic heterocycles. The lowest BCUT2D eigenvalue weighted by atomic mass is 10.1. The second-order valence-corrected chi connectivity index (χ2v) is 4.95. The van der Waals surface area contributed by atoms with Crippen LogP contribution in [0.2, 0.25) is 0 Å². The van der Waals surface area contributed by atoms with Crippen LogP contribution in [0.5, 0.6) is 17.2 Å². The van der Waals surface area contributed by atoms with Crippen LogP contribution in [0.3, 0.4) is 0 Å². The predicted molar refractivity (Wildman–Crippen MR) is 86.8 cm³/mol. The molecule has 118 valence electrons. The minimum atomic E-state index is -0.417. The number of methoxy groups -OCH3 is 3. The van der Waals surface area contributed by atoms with Crippen molar-refractivity contribution < 1.29 is 18.6 Å². The van der Waals surface area contributed by atoms with Gasteiger partial charge in [0.25, 0.3) is 0 Å². The van der Waals surface area contributed by atoms with Crippen molar-refractivity contribution in [1.82, 2.24) is 4.98 Å². The number of hydrogen-bond acceptors (Lipinski definition) is 4. The number of pyridine rings is 1. The van der Waals surface area contributed by atoms with E-state index in [-0.39, 0.29) is 5.75 Å². The Morgan fingerprint density at radius 3 is 2.13 bits per heavy atom. The highest BCUT2D eigenvalue weighted by Crippen LogP contribution is 2.33. The molecule has 0 amide bonds. The standard InChI is InChI=1S/C18H16FNO3/c1-21-16-7-5-11(8-13(16)19)14-6-4-12-9-17(22-2)18(23-3)10-15(12)20-14/h4-10H,1-3H3. The van der Waals surface area contributed by atoms with E-state index in [1.165, 1.54) is 13.2 Å². The molecule has 0 aliphatic carbocycles. The highest BCUT2D eigenvalue weighted by molar-refractivity contribution is 5.85. The maximum absolute atomic E-state index is 13.9. The van der Waals surface area contributed by atoms with E-state index in [1.807, 2.05) is 18.2 Å². The van der Waals surface area contributed by atoms with Crippen LogP contribution in [0.4, 0.5) is 4.39 Å². The Hall–Kier alpha value is -2.82. The Kier molecular flexibility index (Phi) is 4.02. The van der Waals surface area contributed by atoms with Crippen LogP contribution < -0.4 is 14.2 Å². The summed E-state index contributed by atoms with van der Waals surface area (Å²) in [6.45, 7) is 0. The third-order valence-corrected chi connectivity index (χ3v) is 3.64. The van der Waals surface area contributed by atoms with E-state index in [0.29, 0.717) is 22.8 Å². The fourth-order valence-corrected chi connectivity index (χ4v) is 2.44. The van der Waals surface area contributed by atoms with Gasteiger partial charge in [-0.15, -0.1) is 0 Å². The van der Waals surface area contributed by atoms with E-state index in [1.54, 1.807) is 32.4 Å². The van der Waals surface area contributed by atoms with Crippen molar-refractivity contribution >= 4 is 10.9 Å². The summed E-state index contributed by atoms with van der Waals surface area (Å²) in [5.74, 6) is 1.04. The molecule has 4 nitrogen and oxygen atoms in total. The van der Waals surface area contributed by atoms with E-state index in [0.717, 1.165) is 10.9 Å². The zero-order chi connectivity index (χ0) is 16.4. The Morgan fingerprint density at radius 1 is 0.783 bits per heavy atom. The normalized spacial score (nSPS) is 10.6.